The van der Waals surface area contributed by atoms with Crippen LogP contribution in [0.4, 0.5) is 13.2 Å². The van der Waals surface area contributed by atoms with Gasteiger partial charge in [-0.05, 0) is 6.07 Å². The summed E-state index contributed by atoms with van der Waals surface area (Å²) in [6, 6.07) is 1.34. The third kappa shape index (κ3) is 3.49. The number of hydrogen-bond acceptors (Lipinski definition) is 3. The Morgan fingerprint density at radius 3 is 2.53 bits per heavy atom. The van der Waals surface area contributed by atoms with Gasteiger partial charge in [-0.25, -0.2) is 13.2 Å². The topological polar surface area (TPSA) is 55.5 Å². The first kappa shape index (κ1) is 16.0. The van der Waals surface area contributed by atoms with E-state index < -0.39 is 24.4 Å². The molecule has 0 radical (unpaired) electrons. The second-order valence-electron chi connectivity index (χ2n) is 3.28. The molecule has 1 aromatic carbocycles. The van der Waals surface area contributed by atoms with Gasteiger partial charge < -0.3 is 15.6 Å². The quantitative estimate of drug-likeness (QED) is 0.879. The van der Waals surface area contributed by atoms with Crippen LogP contribution in [0.1, 0.15) is 11.6 Å². The molecular formula is C10H13ClF3NO2. The van der Waals surface area contributed by atoms with Gasteiger partial charge in [0.05, 0.1) is 7.11 Å². The third-order valence-electron chi connectivity index (χ3n) is 2.20. The Hall–Kier alpha value is -0.980. The highest BCUT2D eigenvalue weighted by Gasteiger charge is 2.38. The molecule has 0 aliphatic rings. The van der Waals surface area contributed by atoms with Gasteiger partial charge in [0, 0.05) is 11.6 Å². The van der Waals surface area contributed by atoms with Crippen molar-refractivity contribution in [3.05, 3.63) is 29.6 Å². The predicted molar refractivity (Wildman–Crippen MR) is 59.2 cm³/mol. The number of aliphatic hydroxyl groups is 1. The summed E-state index contributed by atoms with van der Waals surface area (Å²) >= 11 is 0. The van der Waals surface area contributed by atoms with Crippen molar-refractivity contribution >= 4 is 12.4 Å². The first-order chi connectivity index (χ1) is 7.42. The number of alkyl halides is 2. The number of halogens is 4. The summed E-state index contributed by atoms with van der Waals surface area (Å²) in [6.07, 6.45) is 0. The van der Waals surface area contributed by atoms with Gasteiger partial charge in [-0.2, -0.15) is 0 Å². The summed E-state index contributed by atoms with van der Waals surface area (Å²) in [5.74, 6) is -4.16. The Morgan fingerprint density at radius 1 is 1.47 bits per heavy atom. The molecule has 1 aromatic rings. The number of nitrogens with two attached hydrogens (primary N) is 1. The van der Waals surface area contributed by atoms with E-state index in [1.807, 2.05) is 0 Å². The highest BCUT2D eigenvalue weighted by Crippen LogP contribution is 2.34. The summed E-state index contributed by atoms with van der Waals surface area (Å²) in [7, 11) is 1.22. The summed E-state index contributed by atoms with van der Waals surface area (Å²) in [5, 5.41) is 8.50. The van der Waals surface area contributed by atoms with Crippen molar-refractivity contribution in [2.24, 2.45) is 5.73 Å². The minimum atomic E-state index is -3.48. The zero-order valence-corrected chi connectivity index (χ0v) is 9.81. The van der Waals surface area contributed by atoms with Crippen LogP contribution in [0.25, 0.3) is 0 Å². The van der Waals surface area contributed by atoms with Gasteiger partial charge in [0.1, 0.15) is 24.2 Å². The molecule has 0 aliphatic carbocycles. The van der Waals surface area contributed by atoms with Crippen molar-refractivity contribution in [3.63, 3.8) is 0 Å². The number of aliphatic hydroxyl groups excluding tert-OH is 1. The van der Waals surface area contributed by atoms with Gasteiger partial charge in [0.25, 0.3) is 5.92 Å². The van der Waals surface area contributed by atoms with E-state index in [-0.39, 0.29) is 23.7 Å². The number of benzene rings is 1. The second kappa shape index (κ2) is 6.09. The molecule has 1 atom stereocenters. The van der Waals surface area contributed by atoms with Crippen LogP contribution < -0.4 is 10.5 Å². The van der Waals surface area contributed by atoms with Crippen LogP contribution in [0.5, 0.6) is 5.75 Å². The molecule has 98 valence electrons. The molecule has 0 heterocycles. The van der Waals surface area contributed by atoms with Gasteiger partial charge in [-0.3, -0.25) is 0 Å². The van der Waals surface area contributed by atoms with E-state index in [2.05, 4.69) is 0 Å². The molecule has 0 spiro atoms. The van der Waals surface area contributed by atoms with E-state index >= 15 is 0 Å². The van der Waals surface area contributed by atoms with Crippen LogP contribution in [-0.4, -0.2) is 24.7 Å². The molecule has 3 nitrogen and oxygen atoms in total. The average Bonchev–Trinajstić information content (AvgIpc) is 2.27. The van der Waals surface area contributed by atoms with Crippen LogP contribution in [0.2, 0.25) is 0 Å². The second-order valence-corrected chi connectivity index (χ2v) is 3.28. The number of ether oxygens (including phenoxy) is 1. The first-order valence-corrected chi connectivity index (χ1v) is 4.50. The SMILES string of the molecule is COc1cc(F)ccc1[C@@H](N)C(F)(F)CO.Cl. The van der Waals surface area contributed by atoms with E-state index in [0.717, 1.165) is 18.2 Å². The molecule has 0 saturated carbocycles. The Bertz CT molecular complexity index is 377. The van der Waals surface area contributed by atoms with E-state index in [0.29, 0.717) is 0 Å². The Balaban J connectivity index is 0.00000256. The summed E-state index contributed by atoms with van der Waals surface area (Å²) in [4.78, 5) is 0. The van der Waals surface area contributed by atoms with Gasteiger partial charge in [-0.1, -0.05) is 6.07 Å². The summed E-state index contributed by atoms with van der Waals surface area (Å²) < 4.78 is 43.8. The molecule has 0 unspecified atom stereocenters. The Labute approximate surface area is 103 Å². The number of methoxy groups -OCH3 is 1. The van der Waals surface area contributed by atoms with Crippen molar-refractivity contribution in [2.45, 2.75) is 12.0 Å². The molecule has 0 aromatic heterocycles. The molecule has 0 fully saturated rings. The van der Waals surface area contributed by atoms with Gasteiger partial charge in [0.2, 0.25) is 0 Å². The first-order valence-electron chi connectivity index (χ1n) is 4.50. The maximum absolute atomic E-state index is 13.1. The molecule has 17 heavy (non-hydrogen) atoms. The zero-order chi connectivity index (χ0) is 12.3. The van der Waals surface area contributed by atoms with Crippen molar-refractivity contribution in [2.75, 3.05) is 13.7 Å². The summed E-state index contributed by atoms with van der Waals surface area (Å²) in [6.45, 7) is -1.38. The fourth-order valence-electron chi connectivity index (χ4n) is 1.27. The standard InChI is InChI=1S/C10H12F3NO2.ClH/c1-16-8-4-6(11)2-3-7(8)9(14)10(12,13)5-15;/h2-4,9,15H,5,14H2,1H3;1H/t9-;/m1./s1. The lowest BCUT2D eigenvalue weighted by Crippen LogP contribution is -2.36. The van der Waals surface area contributed by atoms with Gasteiger partial charge >= 0.3 is 0 Å². The van der Waals surface area contributed by atoms with Crippen LogP contribution in [0.15, 0.2) is 18.2 Å². The van der Waals surface area contributed by atoms with E-state index in [4.69, 9.17) is 15.6 Å². The van der Waals surface area contributed by atoms with Crippen molar-refractivity contribution in [1.29, 1.82) is 0 Å². The van der Waals surface area contributed by atoms with Crippen molar-refractivity contribution in [1.82, 2.24) is 0 Å². The lowest BCUT2D eigenvalue weighted by atomic mass is 10.0. The van der Waals surface area contributed by atoms with Crippen LogP contribution >= 0.6 is 12.4 Å². The smallest absolute Gasteiger partial charge is 0.289 e. The van der Waals surface area contributed by atoms with Crippen LogP contribution in [-0.2, 0) is 0 Å². The van der Waals surface area contributed by atoms with Gasteiger partial charge in [0.15, 0.2) is 0 Å². The monoisotopic (exact) mass is 271 g/mol. The van der Waals surface area contributed by atoms with Crippen LogP contribution in [0, 0.1) is 5.82 Å². The average molecular weight is 272 g/mol. The van der Waals surface area contributed by atoms with Crippen molar-refractivity contribution in [3.8, 4) is 5.75 Å². The molecule has 0 amide bonds. The minimum Gasteiger partial charge on any atom is -0.496 e. The predicted octanol–water partition coefficient (Wildman–Crippen LogP) is 1.88. The highest BCUT2D eigenvalue weighted by molar-refractivity contribution is 5.85. The number of hydrogen-bond donors (Lipinski definition) is 2. The largest absolute Gasteiger partial charge is 0.496 e. The van der Waals surface area contributed by atoms with E-state index in [9.17, 15) is 13.2 Å². The Morgan fingerprint density at radius 2 is 2.06 bits per heavy atom. The molecular weight excluding hydrogens is 259 g/mol. The highest BCUT2D eigenvalue weighted by atomic mass is 35.5. The number of rotatable bonds is 4. The van der Waals surface area contributed by atoms with E-state index in [1.54, 1.807) is 0 Å². The Kier molecular flexibility index (Phi) is 5.74. The maximum Gasteiger partial charge on any atom is 0.289 e. The van der Waals surface area contributed by atoms with Gasteiger partial charge in [-0.15, -0.1) is 12.4 Å². The fourth-order valence-corrected chi connectivity index (χ4v) is 1.27. The third-order valence-corrected chi connectivity index (χ3v) is 2.20. The fraction of sp³-hybridized carbons (Fsp3) is 0.400. The van der Waals surface area contributed by atoms with E-state index in [1.165, 1.54) is 7.11 Å². The molecule has 0 bridgehead atoms. The summed E-state index contributed by atoms with van der Waals surface area (Å²) in [5.41, 5.74) is 5.24. The zero-order valence-electron chi connectivity index (χ0n) is 8.99. The van der Waals surface area contributed by atoms with Crippen molar-refractivity contribution < 1.29 is 23.0 Å². The van der Waals surface area contributed by atoms with Crippen LogP contribution in [0.3, 0.4) is 0 Å². The lowest BCUT2D eigenvalue weighted by molar-refractivity contribution is -0.0715. The molecule has 0 aliphatic heterocycles. The molecule has 3 N–H and O–H groups in total. The molecule has 1 rings (SSSR count). The lowest BCUT2D eigenvalue weighted by Gasteiger charge is -2.23. The minimum absolute atomic E-state index is 0. The molecule has 0 saturated heterocycles. The normalized spacial score (nSPS) is 12.8. The molecule has 7 heteroatoms. The maximum atomic E-state index is 13.1.